The van der Waals surface area contributed by atoms with E-state index in [0.717, 1.165) is 11.1 Å². The van der Waals surface area contributed by atoms with Crippen molar-refractivity contribution in [1.82, 2.24) is 5.43 Å². The van der Waals surface area contributed by atoms with Crippen molar-refractivity contribution in [3.8, 4) is 11.5 Å². The zero-order chi connectivity index (χ0) is 15.4. The third kappa shape index (κ3) is 3.53. The summed E-state index contributed by atoms with van der Waals surface area (Å²) in [5, 5.41) is 0. The van der Waals surface area contributed by atoms with Crippen molar-refractivity contribution < 1.29 is 13.9 Å². The quantitative estimate of drug-likeness (QED) is 0.639. The van der Waals surface area contributed by atoms with Gasteiger partial charge >= 0.3 is 0 Å². The first-order valence-corrected chi connectivity index (χ1v) is 7.02. The largest absolute Gasteiger partial charge is 0.497 e. The van der Waals surface area contributed by atoms with Crippen LogP contribution in [0.25, 0.3) is 0 Å². The molecule has 6 heteroatoms. The van der Waals surface area contributed by atoms with Crippen LogP contribution in [-0.4, -0.2) is 14.2 Å². The molecule has 2 aromatic carbocycles. The van der Waals surface area contributed by atoms with Crippen molar-refractivity contribution in [3.05, 3.63) is 57.8 Å². The topological polar surface area (TPSA) is 56.5 Å². The number of methoxy groups -OCH3 is 2. The van der Waals surface area contributed by atoms with Crippen molar-refractivity contribution in [2.75, 3.05) is 14.2 Å². The van der Waals surface area contributed by atoms with Gasteiger partial charge < -0.3 is 9.47 Å². The average molecular weight is 355 g/mol. The molecule has 0 saturated heterocycles. The van der Waals surface area contributed by atoms with Crippen molar-refractivity contribution in [1.29, 1.82) is 0 Å². The Hall–Kier alpha value is -1.63. The Kier molecular flexibility index (Phi) is 5.17. The van der Waals surface area contributed by atoms with E-state index in [4.69, 9.17) is 15.3 Å². The lowest BCUT2D eigenvalue weighted by Crippen LogP contribution is -2.29. The molecule has 0 heterocycles. The van der Waals surface area contributed by atoms with Crippen molar-refractivity contribution in [2.45, 2.75) is 6.04 Å². The average Bonchev–Trinajstić information content (AvgIpc) is 2.51. The molecule has 0 spiro atoms. The van der Waals surface area contributed by atoms with Crippen LogP contribution in [-0.2, 0) is 0 Å². The first-order valence-electron chi connectivity index (χ1n) is 6.23. The lowest BCUT2D eigenvalue weighted by Gasteiger charge is -2.19. The number of hydrogen-bond donors (Lipinski definition) is 2. The predicted octanol–water partition coefficient (Wildman–Crippen LogP) is 3.16. The lowest BCUT2D eigenvalue weighted by molar-refractivity contribution is 0.392. The van der Waals surface area contributed by atoms with Gasteiger partial charge in [0.1, 0.15) is 17.3 Å². The summed E-state index contributed by atoms with van der Waals surface area (Å²) in [5.41, 5.74) is 4.40. The van der Waals surface area contributed by atoms with Gasteiger partial charge in [0, 0.05) is 6.07 Å². The molecule has 1 unspecified atom stereocenters. The summed E-state index contributed by atoms with van der Waals surface area (Å²) in [6.45, 7) is 0. The fourth-order valence-corrected chi connectivity index (χ4v) is 2.47. The van der Waals surface area contributed by atoms with E-state index in [1.54, 1.807) is 32.4 Å². The van der Waals surface area contributed by atoms with E-state index < -0.39 is 0 Å². The van der Waals surface area contributed by atoms with Crippen molar-refractivity contribution in [3.63, 3.8) is 0 Å². The smallest absolute Gasteiger partial charge is 0.137 e. The highest BCUT2D eigenvalue weighted by Crippen LogP contribution is 2.31. The Labute approximate surface area is 131 Å². The molecular weight excluding hydrogens is 339 g/mol. The minimum absolute atomic E-state index is 0.314. The molecular formula is C15H16BrFN2O2. The zero-order valence-electron chi connectivity index (χ0n) is 11.7. The molecule has 0 aliphatic heterocycles. The molecule has 3 N–H and O–H groups in total. The fourth-order valence-electron chi connectivity index (χ4n) is 2.07. The molecule has 0 fully saturated rings. The second kappa shape index (κ2) is 6.89. The van der Waals surface area contributed by atoms with E-state index >= 15 is 0 Å². The van der Waals surface area contributed by atoms with Crippen LogP contribution in [0.1, 0.15) is 17.2 Å². The third-order valence-corrected chi connectivity index (χ3v) is 3.76. The Morgan fingerprint density at radius 1 is 1.05 bits per heavy atom. The molecule has 112 valence electrons. The van der Waals surface area contributed by atoms with Crippen LogP contribution < -0.4 is 20.7 Å². The summed E-state index contributed by atoms with van der Waals surface area (Å²) in [5.74, 6) is 6.66. The molecule has 0 radical (unpaired) electrons. The zero-order valence-corrected chi connectivity index (χ0v) is 13.3. The molecule has 2 aromatic rings. The van der Waals surface area contributed by atoms with E-state index in [0.29, 0.717) is 16.0 Å². The van der Waals surface area contributed by atoms with E-state index in [-0.39, 0.29) is 11.9 Å². The second-order valence-corrected chi connectivity index (χ2v) is 5.27. The summed E-state index contributed by atoms with van der Waals surface area (Å²) in [7, 11) is 3.16. The number of hydrazine groups is 1. The number of rotatable bonds is 5. The second-order valence-electron chi connectivity index (χ2n) is 4.42. The van der Waals surface area contributed by atoms with E-state index in [1.807, 2.05) is 12.1 Å². The molecule has 0 aliphatic rings. The molecule has 0 aromatic heterocycles. The van der Waals surface area contributed by atoms with Gasteiger partial charge in [-0.2, -0.15) is 0 Å². The fraction of sp³-hybridized carbons (Fsp3) is 0.200. The standard InChI is InChI=1S/C15H16BrFN2O2/c1-20-11-5-10(6-12(8-11)21-2)15(19-18)9-3-4-14(17)13(16)7-9/h3-8,15,19H,18H2,1-2H3. The van der Waals surface area contributed by atoms with Gasteiger partial charge in [0.25, 0.3) is 0 Å². The summed E-state index contributed by atoms with van der Waals surface area (Å²) < 4.78 is 24.3. The molecule has 2 rings (SSSR count). The number of halogens is 2. The minimum Gasteiger partial charge on any atom is -0.497 e. The van der Waals surface area contributed by atoms with Crippen LogP contribution >= 0.6 is 15.9 Å². The molecule has 0 saturated carbocycles. The van der Waals surface area contributed by atoms with Crippen LogP contribution in [0.15, 0.2) is 40.9 Å². The summed E-state index contributed by atoms with van der Waals surface area (Å²) >= 11 is 3.18. The van der Waals surface area contributed by atoms with Gasteiger partial charge in [-0.05, 0) is 51.3 Å². The van der Waals surface area contributed by atoms with Crippen LogP contribution in [0.3, 0.4) is 0 Å². The first-order chi connectivity index (χ1) is 10.1. The molecule has 0 bridgehead atoms. The number of nitrogens with two attached hydrogens (primary N) is 1. The number of hydrogen-bond acceptors (Lipinski definition) is 4. The van der Waals surface area contributed by atoms with Crippen LogP contribution in [0.4, 0.5) is 4.39 Å². The van der Waals surface area contributed by atoms with Gasteiger partial charge in [0.15, 0.2) is 0 Å². The van der Waals surface area contributed by atoms with Crippen molar-refractivity contribution >= 4 is 15.9 Å². The number of nitrogens with one attached hydrogen (secondary N) is 1. The van der Waals surface area contributed by atoms with Gasteiger partial charge in [-0.15, -0.1) is 0 Å². The monoisotopic (exact) mass is 354 g/mol. The van der Waals surface area contributed by atoms with E-state index in [9.17, 15) is 4.39 Å². The molecule has 0 aliphatic carbocycles. The highest BCUT2D eigenvalue weighted by atomic mass is 79.9. The lowest BCUT2D eigenvalue weighted by atomic mass is 9.99. The maximum Gasteiger partial charge on any atom is 0.137 e. The summed E-state index contributed by atoms with van der Waals surface area (Å²) in [6, 6.07) is 9.92. The maximum absolute atomic E-state index is 13.4. The highest BCUT2D eigenvalue weighted by Gasteiger charge is 2.16. The number of benzene rings is 2. The maximum atomic E-state index is 13.4. The molecule has 1 atom stereocenters. The van der Waals surface area contributed by atoms with Crippen LogP contribution in [0, 0.1) is 5.82 Å². The highest BCUT2D eigenvalue weighted by molar-refractivity contribution is 9.10. The Balaban J connectivity index is 2.47. The summed E-state index contributed by atoms with van der Waals surface area (Å²) in [6.07, 6.45) is 0. The Morgan fingerprint density at radius 3 is 2.14 bits per heavy atom. The van der Waals surface area contributed by atoms with Gasteiger partial charge in [0.2, 0.25) is 0 Å². The van der Waals surface area contributed by atoms with E-state index in [1.165, 1.54) is 6.07 Å². The summed E-state index contributed by atoms with van der Waals surface area (Å²) in [4.78, 5) is 0. The predicted molar refractivity (Wildman–Crippen MR) is 82.8 cm³/mol. The first kappa shape index (κ1) is 15.8. The molecule has 21 heavy (non-hydrogen) atoms. The van der Waals surface area contributed by atoms with E-state index in [2.05, 4.69) is 21.4 Å². The van der Waals surface area contributed by atoms with Gasteiger partial charge in [-0.25, -0.2) is 9.82 Å². The van der Waals surface area contributed by atoms with Gasteiger partial charge in [-0.3, -0.25) is 5.84 Å². The number of ether oxygens (including phenoxy) is 2. The SMILES string of the molecule is COc1cc(OC)cc(C(NN)c2ccc(F)c(Br)c2)c1. The van der Waals surface area contributed by atoms with Crippen LogP contribution in [0.2, 0.25) is 0 Å². The third-order valence-electron chi connectivity index (χ3n) is 3.15. The minimum atomic E-state index is -0.322. The van der Waals surface area contributed by atoms with Crippen molar-refractivity contribution in [2.24, 2.45) is 5.84 Å². The van der Waals surface area contributed by atoms with Crippen LogP contribution in [0.5, 0.6) is 11.5 Å². The normalized spacial score (nSPS) is 12.0. The molecule has 0 amide bonds. The van der Waals surface area contributed by atoms with Gasteiger partial charge in [0.05, 0.1) is 24.7 Å². The Bertz CT molecular complexity index is 615. The molecule has 4 nitrogen and oxygen atoms in total. The Morgan fingerprint density at radius 2 is 1.67 bits per heavy atom. The van der Waals surface area contributed by atoms with Gasteiger partial charge in [-0.1, -0.05) is 6.07 Å².